The highest BCUT2D eigenvalue weighted by molar-refractivity contribution is 7.89. The van der Waals surface area contributed by atoms with Gasteiger partial charge in [0.15, 0.2) is 0 Å². The Balaban J connectivity index is 1.47. The lowest BCUT2D eigenvalue weighted by Gasteiger charge is -2.33. The lowest BCUT2D eigenvalue weighted by Crippen LogP contribution is -2.47. The molecule has 0 aromatic heterocycles. The van der Waals surface area contributed by atoms with Gasteiger partial charge in [0, 0.05) is 65.6 Å². The number of anilines is 1. The van der Waals surface area contributed by atoms with E-state index >= 15 is 0 Å². The Kier molecular flexibility index (Phi) is 13.6. The van der Waals surface area contributed by atoms with Gasteiger partial charge in [-0.05, 0) is 94.6 Å². The van der Waals surface area contributed by atoms with E-state index in [4.69, 9.17) is 0 Å². The van der Waals surface area contributed by atoms with E-state index in [0.717, 1.165) is 83.1 Å². The van der Waals surface area contributed by atoms with E-state index in [-0.39, 0.29) is 0 Å². The third kappa shape index (κ3) is 10.1. The summed E-state index contributed by atoms with van der Waals surface area (Å²) in [6.45, 7) is 6.08. The number of benzene rings is 1. The van der Waals surface area contributed by atoms with Crippen molar-refractivity contribution in [2.45, 2.75) is 94.8 Å². The first kappa shape index (κ1) is 34.6. The average molecular weight is 640 g/mol. The monoisotopic (exact) mass is 639 g/mol. The summed E-state index contributed by atoms with van der Waals surface area (Å²) in [5, 5.41) is 0. The van der Waals surface area contributed by atoms with E-state index in [0.29, 0.717) is 50.1 Å². The molecule has 0 radical (unpaired) electrons. The zero-order valence-corrected chi connectivity index (χ0v) is 28.5. The fraction of sp³-hybridized carbons (Fsp3) is 0.812. The highest BCUT2D eigenvalue weighted by Crippen LogP contribution is 2.26. The Labute approximate surface area is 262 Å². The summed E-state index contributed by atoms with van der Waals surface area (Å²) < 4.78 is 60.0. The molecule has 1 saturated carbocycles. The molecular weight excluding hydrogens is 583 g/mol. The molecule has 43 heavy (non-hydrogen) atoms. The Hall–Kier alpha value is -1.24. The van der Waals surface area contributed by atoms with Gasteiger partial charge in [0.05, 0.1) is 4.90 Å². The SMILES string of the molecule is CN(C)c1ccc(S(=O)(=O)N2CCCCCCN(S(=O)(=O)N3CCCCC3)CCCN(CC3CCCCC3)CCC2)cc1. The van der Waals surface area contributed by atoms with Gasteiger partial charge in [0.2, 0.25) is 10.0 Å². The molecule has 4 rings (SSSR count). The first-order valence-electron chi connectivity index (χ1n) is 16.9. The maximum atomic E-state index is 13.8. The van der Waals surface area contributed by atoms with Crippen molar-refractivity contribution in [2.24, 2.45) is 5.92 Å². The van der Waals surface area contributed by atoms with Crippen LogP contribution < -0.4 is 4.90 Å². The van der Waals surface area contributed by atoms with Crippen molar-refractivity contribution in [1.82, 2.24) is 17.8 Å². The Bertz CT molecular complexity index is 1160. The minimum atomic E-state index is -3.60. The van der Waals surface area contributed by atoms with Gasteiger partial charge in [-0.1, -0.05) is 38.5 Å². The number of sulfonamides is 1. The van der Waals surface area contributed by atoms with Crippen molar-refractivity contribution in [2.75, 3.05) is 77.9 Å². The van der Waals surface area contributed by atoms with Gasteiger partial charge in [0.1, 0.15) is 0 Å². The van der Waals surface area contributed by atoms with E-state index in [9.17, 15) is 16.8 Å². The number of piperidine rings is 1. The van der Waals surface area contributed by atoms with Crippen LogP contribution >= 0.6 is 0 Å². The predicted octanol–water partition coefficient (Wildman–Crippen LogP) is 5.01. The smallest absolute Gasteiger partial charge is 0.281 e. The number of nitrogens with zero attached hydrogens (tertiary/aromatic N) is 5. The molecule has 1 aliphatic carbocycles. The highest BCUT2D eigenvalue weighted by atomic mass is 32.2. The summed E-state index contributed by atoms with van der Waals surface area (Å²) >= 11 is 0. The summed E-state index contributed by atoms with van der Waals surface area (Å²) in [5.74, 6) is 0.680. The Morgan fingerprint density at radius 2 is 1.02 bits per heavy atom. The molecule has 2 heterocycles. The minimum Gasteiger partial charge on any atom is -0.378 e. The molecule has 1 aromatic rings. The van der Waals surface area contributed by atoms with Gasteiger partial charge in [-0.2, -0.15) is 21.3 Å². The molecule has 1 aromatic carbocycles. The molecule has 2 aliphatic heterocycles. The van der Waals surface area contributed by atoms with Gasteiger partial charge in [0.25, 0.3) is 10.2 Å². The first-order chi connectivity index (χ1) is 20.7. The number of rotatable bonds is 7. The van der Waals surface area contributed by atoms with E-state index in [1.165, 1.54) is 32.1 Å². The molecule has 0 spiro atoms. The molecule has 3 aliphatic rings. The van der Waals surface area contributed by atoms with Gasteiger partial charge in [-0.15, -0.1) is 0 Å². The number of hydrogen-bond donors (Lipinski definition) is 0. The van der Waals surface area contributed by atoms with Crippen LogP contribution in [0.25, 0.3) is 0 Å². The van der Waals surface area contributed by atoms with E-state index < -0.39 is 20.2 Å². The van der Waals surface area contributed by atoms with Crippen molar-refractivity contribution in [3.63, 3.8) is 0 Å². The molecule has 0 bridgehead atoms. The van der Waals surface area contributed by atoms with Gasteiger partial charge in [-0.25, -0.2) is 8.42 Å². The molecule has 9 nitrogen and oxygen atoms in total. The van der Waals surface area contributed by atoms with Crippen LogP contribution in [0.4, 0.5) is 5.69 Å². The topological polar surface area (TPSA) is 84.5 Å². The maximum absolute atomic E-state index is 13.8. The molecule has 0 atom stereocenters. The number of hydrogen-bond acceptors (Lipinski definition) is 6. The van der Waals surface area contributed by atoms with Crippen molar-refractivity contribution < 1.29 is 16.8 Å². The third-order valence-corrected chi connectivity index (χ3v) is 13.5. The molecule has 3 fully saturated rings. The zero-order valence-electron chi connectivity index (χ0n) is 26.8. The first-order valence-corrected chi connectivity index (χ1v) is 19.8. The molecule has 0 unspecified atom stereocenters. The van der Waals surface area contributed by atoms with Crippen LogP contribution in [0.1, 0.15) is 89.9 Å². The standard InChI is InChI=1S/C32H57N5O4S2/c1-33(2)31-17-19-32(20-18-31)42(38,39)35-23-9-3-4-10-24-37(43(40,41)36-25-11-6-12-26-36)28-14-22-34(21-13-27-35)29-30-15-7-5-8-16-30/h17-20,30H,3-16,21-29H2,1-2H3. The molecule has 2 saturated heterocycles. The third-order valence-electron chi connectivity index (χ3n) is 9.53. The Morgan fingerprint density at radius 3 is 1.56 bits per heavy atom. The van der Waals surface area contributed by atoms with E-state index in [2.05, 4.69) is 4.90 Å². The zero-order chi connectivity index (χ0) is 30.7. The van der Waals surface area contributed by atoms with Gasteiger partial charge < -0.3 is 9.80 Å². The van der Waals surface area contributed by atoms with E-state index in [1.54, 1.807) is 25.0 Å². The van der Waals surface area contributed by atoms with Crippen molar-refractivity contribution >= 4 is 25.9 Å². The maximum Gasteiger partial charge on any atom is 0.281 e. The minimum absolute atomic E-state index is 0.355. The highest BCUT2D eigenvalue weighted by Gasteiger charge is 2.31. The summed E-state index contributed by atoms with van der Waals surface area (Å²) in [7, 11) is -3.15. The summed E-state index contributed by atoms with van der Waals surface area (Å²) in [4.78, 5) is 4.83. The van der Waals surface area contributed by atoms with E-state index in [1.807, 2.05) is 31.1 Å². The fourth-order valence-electron chi connectivity index (χ4n) is 6.92. The van der Waals surface area contributed by atoms with Crippen LogP contribution in [0.15, 0.2) is 29.2 Å². The average Bonchev–Trinajstić information content (AvgIpc) is 3.02. The van der Waals surface area contributed by atoms with Crippen LogP contribution in [0.5, 0.6) is 0 Å². The van der Waals surface area contributed by atoms with Crippen LogP contribution in [-0.2, 0) is 20.2 Å². The second-order valence-corrected chi connectivity index (χ2v) is 17.0. The molecule has 0 amide bonds. The normalized spacial score (nSPS) is 23.4. The van der Waals surface area contributed by atoms with Crippen LogP contribution in [0, 0.1) is 5.92 Å². The molecule has 246 valence electrons. The summed E-state index contributed by atoms with van der Waals surface area (Å²) in [6, 6.07) is 7.20. The predicted molar refractivity (Wildman–Crippen MR) is 176 cm³/mol. The second kappa shape index (κ2) is 16.9. The van der Waals surface area contributed by atoms with Crippen molar-refractivity contribution in [3.8, 4) is 0 Å². The van der Waals surface area contributed by atoms with Crippen molar-refractivity contribution in [3.05, 3.63) is 24.3 Å². The summed E-state index contributed by atoms with van der Waals surface area (Å²) in [5.41, 5.74) is 0.978. The van der Waals surface area contributed by atoms with Crippen LogP contribution in [0.3, 0.4) is 0 Å². The van der Waals surface area contributed by atoms with Crippen LogP contribution in [-0.4, -0.2) is 108 Å². The lowest BCUT2D eigenvalue weighted by atomic mass is 9.89. The lowest BCUT2D eigenvalue weighted by molar-refractivity contribution is 0.188. The molecule has 0 N–H and O–H groups in total. The van der Waals surface area contributed by atoms with Crippen molar-refractivity contribution in [1.29, 1.82) is 0 Å². The molecular formula is C32H57N5O4S2. The quantitative estimate of drug-likeness (QED) is 0.417. The van der Waals surface area contributed by atoms with Crippen LogP contribution in [0.2, 0.25) is 0 Å². The second-order valence-electron chi connectivity index (χ2n) is 13.1. The fourth-order valence-corrected chi connectivity index (χ4v) is 10.2. The summed E-state index contributed by atoms with van der Waals surface area (Å²) in [6.07, 6.45) is 14.4. The van der Waals surface area contributed by atoms with Gasteiger partial charge in [-0.3, -0.25) is 0 Å². The Morgan fingerprint density at radius 1 is 0.581 bits per heavy atom. The van der Waals surface area contributed by atoms with Gasteiger partial charge >= 0.3 is 0 Å². The molecule has 11 heteroatoms. The largest absolute Gasteiger partial charge is 0.378 e.